The van der Waals surface area contributed by atoms with Crippen molar-refractivity contribution in [2.24, 2.45) is 0 Å². The van der Waals surface area contributed by atoms with Crippen LogP contribution in [0, 0.1) is 0 Å². The van der Waals surface area contributed by atoms with Gasteiger partial charge in [0.15, 0.2) is 17.5 Å². The van der Waals surface area contributed by atoms with E-state index in [1.54, 1.807) is 0 Å². The lowest BCUT2D eigenvalue weighted by Crippen LogP contribution is -2.00. The first-order valence-corrected chi connectivity index (χ1v) is 19.0. The molecule has 0 saturated carbocycles. The van der Waals surface area contributed by atoms with Crippen molar-refractivity contribution >= 4 is 65.7 Å². The molecule has 6 nitrogen and oxygen atoms in total. The second-order valence-electron chi connectivity index (χ2n) is 14.4. The molecule has 12 aromatic rings. The maximum absolute atomic E-state index is 6.98. The molecule has 8 aromatic carbocycles. The second kappa shape index (κ2) is 12.3. The Kier molecular flexibility index (Phi) is 6.83. The number of fused-ring (bicyclic) bond motifs is 9. The minimum Gasteiger partial charge on any atom is -0.455 e. The molecule has 0 radical (unpaired) electrons. The monoisotopic (exact) mass is 730 g/mol. The summed E-state index contributed by atoms with van der Waals surface area (Å²) in [6.07, 6.45) is 0. The Bertz CT molecular complexity index is 3410. The first-order valence-electron chi connectivity index (χ1n) is 19.0. The Morgan fingerprint density at radius 1 is 0.333 bits per heavy atom. The van der Waals surface area contributed by atoms with Gasteiger partial charge >= 0.3 is 0 Å². The van der Waals surface area contributed by atoms with Gasteiger partial charge in [-0.2, -0.15) is 0 Å². The maximum Gasteiger partial charge on any atom is 0.164 e. The smallest absolute Gasteiger partial charge is 0.164 e. The van der Waals surface area contributed by atoms with Crippen LogP contribution in [0.5, 0.6) is 0 Å². The van der Waals surface area contributed by atoms with Crippen molar-refractivity contribution in [1.29, 1.82) is 0 Å². The standard InChI is InChI=1S/C51H30N4O2/c1-3-14-31(15-4-1)49-52-50(32-16-5-2-6-17-32)54-51(53-49)33-26-27-38-41-29-34(55-43-23-10-7-18-35(43)36-19-8-11-24-44(36)55)30-42(48(41)57-46(38)28-33)40-22-13-21-39-37-20-9-12-25-45(37)56-47(39)40/h1-30H. The molecule has 4 aromatic heterocycles. The van der Waals surface area contributed by atoms with Crippen LogP contribution in [0.15, 0.2) is 191 Å². The number of para-hydroxylation sites is 4. The summed E-state index contributed by atoms with van der Waals surface area (Å²) in [6.45, 7) is 0. The molecule has 0 atom stereocenters. The van der Waals surface area contributed by atoms with Gasteiger partial charge in [-0.1, -0.05) is 140 Å². The Morgan fingerprint density at radius 2 is 0.860 bits per heavy atom. The largest absolute Gasteiger partial charge is 0.455 e. The molecule has 0 aliphatic rings. The number of aromatic nitrogens is 4. The molecule has 0 amide bonds. The van der Waals surface area contributed by atoms with E-state index in [2.05, 4.69) is 114 Å². The Balaban J connectivity index is 1.13. The summed E-state index contributed by atoms with van der Waals surface area (Å²) in [5, 5.41) is 6.56. The van der Waals surface area contributed by atoms with E-state index in [1.165, 1.54) is 10.8 Å². The molecule has 0 aliphatic heterocycles. The Labute approximate surface area is 325 Å². The van der Waals surface area contributed by atoms with Crippen LogP contribution in [0.25, 0.3) is 117 Å². The summed E-state index contributed by atoms with van der Waals surface area (Å²) in [5.74, 6) is 1.80. The van der Waals surface area contributed by atoms with Crippen LogP contribution in [-0.2, 0) is 0 Å². The van der Waals surface area contributed by atoms with Crippen molar-refractivity contribution in [3.63, 3.8) is 0 Å². The van der Waals surface area contributed by atoms with Gasteiger partial charge in [0.1, 0.15) is 22.3 Å². The van der Waals surface area contributed by atoms with E-state index in [9.17, 15) is 0 Å². The highest BCUT2D eigenvalue weighted by Gasteiger charge is 2.22. The zero-order valence-corrected chi connectivity index (χ0v) is 30.4. The lowest BCUT2D eigenvalue weighted by molar-refractivity contribution is 0.665. The third-order valence-electron chi connectivity index (χ3n) is 11.0. The minimum absolute atomic E-state index is 0.572. The molecule has 12 rings (SSSR count). The summed E-state index contributed by atoms with van der Waals surface area (Å²) in [6, 6.07) is 62.6. The molecule has 57 heavy (non-hydrogen) atoms. The molecule has 0 N–H and O–H groups in total. The number of rotatable bonds is 5. The average molecular weight is 731 g/mol. The van der Waals surface area contributed by atoms with Crippen LogP contribution in [0.2, 0.25) is 0 Å². The van der Waals surface area contributed by atoms with Gasteiger partial charge < -0.3 is 13.4 Å². The van der Waals surface area contributed by atoms with E-state index >= 15 is 0 Å². The number of hydrogen-bond acceptors (Lipinski definition) is 5. The van der Waals surface area contributed by atoms with Gasteiger partial charge in [0.2, 0.25) is 0 Å². The molecule has 0 bridgehead atoms. The van der Waals surface area contributed by atoms with Crippen molar-refractivity contribution in [2.75, 3.05) is 0 Å². The molecule has 0 unspecified atom stereocenters. The van der Waals surface area contributed by atoms with E-state index in [1.807, 2.05) is 72.8 Å². The van der Waals surface area contributed by atoms with Gasteiger partial charge in [-0.25, -0.2) is 15.0 Å². The highest BCUT2D eigenvalue weighted by Crippen LogP contribution is 2.44. The van der Waals surface area contributed by atoms with Crippen LogP contribution in [-0.4, -0.2) is 19.5 Å². The van der Waals surface area contributed by atoms with Crippen LogP contribution in [0.1, 0.15) is 0 Å². The first kappa shape index (κ1) is 31.5. The van der Waals surface area contributed by atoms with Gasteiger partial charge in [0, 0.05) is 65.8 Å². The van der Waals surface area contributed by atoms with E-state index < -0.39 is 0 Å². The summed E-state index contributed by atoms with van der Waals surface area (Å²) in [4.78, 5) is 14.9. The van der Waals surface area contributed by atoms with Crippen molar-refractivity contribution in [3.05, 3.63) is 182 Å². The number of furan rings is 2. The Hall–Kier alpha value is -7.83. The molecule has 0 aliphatic carbocycles. The number of nitrogens with zero attached hydrogens (tertiary/aromatic N) is 4. The van der Waals surface area contributed by atoms with Crippen LogP contribution < -0.4 is 0 Å². The van der Waals surface area contributed by atoms with Crippen LogP contribution in [0.4, 0.5) is 0 Å². The molecule has 0 saturated heterocycles. The summed E-state index contributed by atoms with van der Waals surface area (Å²) < 4.78 is 16.0. The van der Waals surface area contributed by atoms with Crippen LogP contribution >= 0.6 is 0 Å². The van der Waals surface area contributed by atoms with E-state index in [0.29, 0.717) is 17.5 Å². The molecule has 0 spiro atoms. The van der Waals surface area contributed by atoms with E-state index in [4.69, 9.17) is 23.8 Å². The quantitative estimate of drug-likeness (QED) is 0.176. The predicted octanol–water partition coefficient (Wildman–Crippen LogP) is 13.4. The maximum atomic E-state index is 6.98. The zero-order chi connectivity index (χ0) is 37.5. The third kappa shape index (κ3) is 4.94. The molecular weight excluding hydrogens is 701 g/mol. The fourth-order valence-corrected chi connectivity index (χ4v) is 8.43. The molecule has 266 valence electrons. The van der Waals surface area contributed by atoms with Crippen molar-refractivity contribution < 1.29 is 8.83 Å². The molecule has 6 heteroatoms. The van der Waals surface area contributed by atoms with E-state index in [0.717, 1.165) is 88.4 Å². The second-order valence-corrected chi connectivity index (χ2v) is 14.4. The first-order chi connectivity index (χ1) is 28.2. The normalized spacial score (nSPS) is 11.9. The van der Waals surface area contributed by atoms with Crippen molar-refractivity contribution in [2.45, 2.75) is 0 Å². The van der Waals surface area contributed by atoms with Gasteiger partial charge in [0.05, 0.1) is 11.0 Å². The predicted molar refractivity (Wildman–Crippen MR) is 230 cm³/mol. The lowest BCUT2D eigenvalue weighted by atomic mass is 9.98. The van der Waals surface area contributed by atoms with Crippen molar-refractivity contribution in [3.8, 4) is 51.0 Å². The third-order valence-corrected chi connectivity index (χ3v) is 11.0. The fraction of sp³-hybridized carbons (Fsp3) is 0. The topological polar surface area (TPSA) is 69.9 Å². The number of benzene rings is 8. The minimum atomic E-state index is 0.572. The van der Waals surface area contributed by atoms with Gasteiger partial charge in [-0.15, -0.1) is 0 Å². The summed E-state index contributed by atoms with van der Waals surface area (Å²) in [5.41, 5.74) is 11.1. The molecule has 4 heterocycles. The fourth-order valence-electron chi connectivity index (χ4n) is 8.43. The summed E-state index contributed by atoms with van der Waals surface area (Å²) >= 11 is 0. The van der Waals surface area contributed by atoms with Crippen LogP contribution in [0.3, 0.4) is 0 Å². The zero-order valence-electron chi connectivity index (χ0n) is 30.4. The van der Waals surface area contributed by atoms with Gasteiger partial charge in [-0.3, -0.25) is 0 Å². The molecular formula is C51H30N4O2. The van der Waals surface area contributed by atoms with Gasteiger partial charge in [-0.05, 0) is 42.5 Å². The average Bonchev–Trinajstić information content (AvgIpc) is 3.96. The van der Waals surface area contributed by atoms with Gasteiger partial charge in [0.25, 0.3) is 0 Å². The summed E-state index contributed by atoms with van der Waals surface area (Å²) in [7, 11) is 0. The number of hydrogen-bond donors (Lipinski definition) is 0. The Morgan fingerprint density at radius 3 is 1.54 bits per heavy atom. The highest BCUT2D eigenvalue weighted by molar-refractivity contribution is 6.16. The SMILES string of the molecule is c1ccc(-c2nc(-c3ccccc3)nc(-c3ccc4c(c3)oc3c(-c5cccc6c5oc5ccccc56)cc(-n5c6ccccc6c6ccccc65)cc34)n2)cc1. The van der Waals surface area contributed by atoms with E-state index in [-0.39, 0.29) is 0 Å². The lowest BCUT2D eigenvalue weighted by Gasteiger charge is -2.12. The highest BCUT2D eigenvalue weighted by atomic mass is 16.3. The molecule has 0 fully saturated rings. The van der Waals surface area contributed by atoms with Crippen molar-refractivity contribution in [1.82, 2.24) is 19.5 Å².